The summed E-state index contributed by atoms with van der Waals surface area (Å²) in [7, 11) is 1.96. The van der Waals surface area contributed by atoms with Gasteiger partial charge in [-0.1, -0.05) is 30.4 Å². The third kappa shape index (κ3) is 5.95. The molecule has 3 rings (SSSR count). The van der Waals surface area contributed by atoms with Crippen LogP contribution in [0.15, 0.2) is 42.5 Å². The van der Waals surface area contributed by atoms with Crippen LogP contribution in [0.1, 0.15) is 22.3 Å². The van der Waals surface area contributed by atoms with E-state index in [2.05, 4.69) is 9.88 Å². The zero-order valence-electron chi connectivity index (χ0n) is 17.7. The number of carbonyl (C=O) groups is 1. The summed E-state index contributed by atoms with van der Waals surface area (Å²) in [5.41, 5.74) is 14.4. The minimum Gasteiger partial charge on any atom is -0.401 e. The fourth-order valence-electron chi connectivity index (χ4n) is 3.52. The van der Waals surface area contributed by atoms with Gasteiger partial charge in [-0.15, -0.1) is 0 Å². The number of hydrogen-bond donors (Lipinski definition) is 3. The van der Waals surface area contributed by atoms with Crippen LogP contribution < -0.4 is 27.4 Å². The molecule has 1 aromatic heterocycles. The zero-order valence-corrected chi connectivity index (χ0v) is 17.7. The average Bonchev–Trinajstić information content (AvgIpc) is 2.92. The fraction of sp³-hybridized carbons (Fsp3) is 0.304. The molecule has 9 heteroatoms. The van der Waals surface area contributed by atoms with Crippen molar-refractivity contribution in [3.8, 4) is 11.3 Å². The molecule has 0 bridgehead atoms. The second kappa shape index (κ2) is 9.97. The van der Waals surface area contributed by atoms with Crippen molar-refractivity contribution in [2.75, 3.05) is 26.7 Å². The van der Waals surface area contributed by atoms with Crippen LogP contribution in [0.4, 0.5) is 13.2 Å². The first-order valence-corrected chi connectivity index (χ1v) is 10.2. The number of halogens is 3. The Labute approximate surface area is 184 Å². The minimum atomic E-state index is -4.52. The molecule has 0 radical (unpaired) electrons. The van der Waals surface area contributed by atoms with Gasteiger partial charge < -0.3 is 21.7 Å². The van der Waals surface area contributed by atoms with E-state index in [9.17, 15) is 18.0 Å². The first kappa shape index (κ1) is 23.5. The van der Waals surface area contributed by atoms with Gasteiger partial charge in [-0.05, 0) is 30.8 Å². The second-order valence-corrected chi connectivity index (χ2v) is 7.66. The van der Waals surface area contributed by atoms with Crippen molar-refractivity contribution in [1.82, 2.24) is 15.2 Å². The summed E-state index contributed by atoms with van der Waals surface area (Å²) in [6, 6.07) is 9.13. The number of carbonyl (C=O) groups excluding carboxylic acids is 1. The molecule has 0 saturated heterocycles. The van der Waals surface area contributed by atoms with E-state index in [4.69, 9.17) is 11.5 Å². The monoisotopic (exact) mass is 445 g/mol. The minimum absolute atomic E-state index is 0.0670. The van der Waals surface area contributed by atoms with Crippen LogP contribution >= 0.6 is 0 Å². The van der Waals surface area contributed by atoms with Crippen LogP contribution in [-0.4, -0.2) is 48.6 Å². The van der Waals surface area contributed by atoms with Gasteiger partial charge in [0.1, 0.15) is 6.54 Å². The van der Waals surface area contributed by atoms with Gasteiger partial charge in [0.2, 0.25) is 0 Å². The van der Waals surface area contributed by atoms with Gasteiger partial charge in [-0.25, -0.2) is 4.98 Å². The van der Waals surface area contributed by atoms with Crippen LogP contribution in [0.3, 0.4) is 0 Å². The van der Waals surface area contributed by atoms with Crippen molar-refractivity contribution in [1.29, 1.82) is 0 Å². The summed E-state index contributed by atoms with van der Waals surface area (Å²) >= 11 is 0. The highest BCUT2D eigenvalue weighted by Gasteiger charge is 2.28. The molecule has 6 nitrogen and oxygen atoms in total. The SMILES string of the molecule is CN(CCN)Cc1cccc(-c2cc(C(=O)NCC(F)(F)F)c3c(n2)=CC=CCC=3N)c1. The molecule has 1 aliphatic rings. The van der Waals surface area contributed by atoms with Gasteiger partial charge in [0.15, 0.2) is 0 Å². The Hall–Kier alpha value is -3.17. The molecule has 5 N–H and O–H groups in total. The summed E-state index contributed by atoms with van der Waals surface area (Å²) in [6.45, 7) is 0.523. The van der Waals surface area contributed by atoms with Gasteiger partial charge in [0, 0.05) is 42.5 Å². The second-order valence-electron chi connectivity index (χ2n) is 7.66. The number of rotatable bonds is 7. The number of amides is 1. The van der Waals surface area contributed by atoms with Gasteiger partial charge in [-0.3, -0.25) is 4.79 Å². The maximum Gasteiger partial charge on any atom is 0.405 e. The van der Waals surface area contributed by atoms with E-state index in [0.717, 1.165) is 17.7 Å². The largest absolute Gasteiger partial charge is 0.405 e. The van der Waals surface area contributed by atoms with Gasteiger partial charge in [0.25, 0.3) is 5.91 Å². The zero-order chi connectivity index (χ0) is 23.3. The number of benzene rings is 1. The Balaban J connectivity index is 2.08. The molecule has 0 fully saturated rings. The molecule has 1 aliphatic carbocycles. The summed E-state index contributed by atoms with van der Waals surface area (Å²) in [5, 5.41) is 2.75. The highest BCUT2D eigenvalue weighted by molar-refractivity contribution is 5.96. The van der Waals surface area contributed by atoms with Crippen LogP contribution in [0.2, 0.25) is 0 Å². The molecule has 1 amide bonds. The first-order valence-electron chi connectivity index (χ1n) is 10.2. The molecule has 0 spiro atoms. The molecular weight excluding hydrogens is 419 g/mol. The molecule has 32 heavy (non-hydrogen) atoms. The van der Waals surface area contributed by atoms with Crippen molar-refractivity contribution >= 4 is 17.7 Å². The Bertz CT molecular complexity index is 1140. The number of alkyl halides is 3. The topological polar surface area (TPSA) is 97.3 Å². The van der Waals surface area contributed by atoms with E-state index >= 15 is 0 Å². The van der Waals surface area contributed by atoms with Gasteiger partial charge >= 0.3 is 6.18 Å². The molecule has 0 aliphatic heterocycles. The number of hydrogen-bond acceptors (Lipinski definition) is 5. The molecular formula is C23H26F3N5O. The highest BCUT2D eigenvalue weighted by Crippen LogP contribution is 2.19. The van der Waals surface area contributed by atoms with E-state index in [-0.39, 0.29) is 5.56 Å². The standard InChI is InChI=1S/C23H26F3N5O/c1-31(10-9-27)13-15-5-4-6-16(11-15)20-12-17(22(32)29-14-23(24,25)26)21-18(28)7-2-3-8-19(21)30-20/h2-6,8,11-12H,7,9-10,13-14,27-28H2,1H3,(H,29,32). The van der Waals surface area contributed by atoms with Crippen LogP contribution in [0.25, 0.3) is 23.0 Å². The van der Waals surface area contributed by atoms with Crippen molar-refractivity contribution < 1.29 is 18.0 Å². The fourth-order valence-corrected chi connectivity index (χ4v) is 3.52. The number of likely N-dealkylation sites (N-methyl/N-ethyl adjacent to an activating group) is 1. The quantitative estimate of drug-likeness (QED) is 0.596. The van der Waals surface area contributed by atoms with Crippen molar-refractivity contribution in [2.45, 2.75) is 19.1 Å². The molecule has 2 aromatic rings. The molecule has 0 saturated carbocycles. The van der Waals surface area contributed by atoms with Crippen LogP contribution in [0, 0.1) is 0 Å². The van der Waals surface area contributed by atoms with Crippen molar-refractivity contribution in [2.24, 2.45) is 11.5 Å². The van der Waals surface area contributed by atoms with E-state index < -0.39 is 18.6 Å². The summed E-state index contributed by atoms with van der Waals surface area (Å²) < 4.78 is 38.0. The lowest BCUT2D eigenvalue weighted by atomic mass is 10.0. The van der Waals surface area contributed by atoms with E-state index in [1.54, 1.807) is 12.2 Å². The molecule has 0 unspecified atom stereocenters. The average molecular weight is 445 g/mol. The number of nitrogens with one attached hydrogen (secondary N) is 1. The van der Waals surface area contributed by atoms with E-state index in [1.807, 2.05) is 42.7 Å². The van der Waals surface area contributed by atoms with Crippen LogP contribution in [-0.2, 0) is 6.54 Å². The molecule has 1 aromatic carbocycles. The maximum atomic E-state index is 12.7. The number of aromatic nitrogens is 1. The number of pyridine rings is 1. The van der Waals surface area contributed by atoms with Gasteiger partial charge in [-0.2, -0.15) is 13.2 Å². The summed E-state index contributed by atoms with van der Waals surface area (Å²) in [4.78, 5) is 19.5. The van der Waals surface area contributed by atoms with E-state index in [0.29, 0.717) is 41.5 Å². The summed E-state index contributed by atoms with van der Waals surface area (Å²) in [6.07, 6.45) is 1.13. The lowest BCUT2D eigenvalue weighted by Crippen LogP contribution is -2.42. The van der Waals surface area contributed by atoms with Crippen molar-refractivity contribution in [3.05, 3.63) is 64.2 Å². The summed E-state index contributed by atoms with van der Waals surface area (Å²) in [5.74, 6) is -0.848. The van der Waals surface area contributed by atoms with E-state index in [1.165, 1.54) is 6.07 Å². The third-order valence-corrected chi connectivity index (χ3v) is 4.98. The predicted molar refractivity (Wildman–Crippen MR) is 119 cm³/mol. The predicted octanol–water partition coefficient (Wildman–Crippen LogP) is 1.24. The Morgan fingerprint density at radius 1 is 1.28 bits per heavy atom. The Morgan fingerprint density at radius 3 is 2.78 bits per heavy atom. The normalized spacial score (nSPS) is 13.5. The maximum absolute atomic E-state index is 12.7. The van der Waals surface area contributed by atoms with Crippen molar-refractivity contribution in [3.63, 3.8) is 0 Å². The number of allylic oxidation sites excluding steroid dienone is 1. The first-order chi connectivity index (χ1) is 15.2. The number of nitrogens with two attached hydrogens (primary N) is 2. The Kier molecular flexibility index (Phi) is 7.32. The number of fused-ring (bicyclic) bond motifs is 1. The number of nitrogens with zero attached hydrogens (tertiary/aromatic N) is 2. The molecule has 1 heterocycles. The highest BCUT2D eigenvalue weighted by atomic mass is 19.4. The third-order valence-electron chi connectivity index (χ3n) is 4.98. The molecule has 170 valence electrons. The van der Waals surface area contributed by atoms with Gasteiger partial charge in [0.05, 0.1) is 16.6 Å². The lowest BCUT2D eigenvalue weighted by Gasteiger charge is -2.16. The van der Waals surface area contributed by atoms with Crippen LogP contribution in [0.5, 0.6) is 0 Å². The molecule has 0 atom stereocenters. The lowest BCUT2D eigenvalue weighted by molar-refractivity contribution is -0.123. The smallest absolute Gasteiger partial charge is 0.401 e. The Morgan fingerprint density at radius 2 is 2.06 bits per heavy atom.